The van der Waals surface area contributed by atoms with E-state index in [2.05, 4.69) is 143 Å². The first-order chi connectivity index (χ1) is 21.8. The van der Waals surface area contributed by atoms with Crippen LogP contribution < -0.4 is 0 Å². The molecule has 9 aromatic rings. The minimum Gasteiger partial charge on any atom is -0.308 e. The number of aromatic nitrogens is 4. The SMILES string of the molecule is c1cc(-c2cncc(-n3c4ccccc4c4ccccc43)c2)cc(-c2cncc(-n3c4ccccc4c4ccccc43)c2)c1. The molecule has 0 unspecified atom stereocenters. The van der Waals surface area contributed by atoms with Gasteiger partial charge in [-0.05, 0) is 53.6 Å². The minimum absolute atomic E-state index is 1.04. The van der Waals surface area contributed by atoms with E-state index < -0.39 is 0 Å². The second-order valence-corrected chi connectivity index (χ2v) is 11.2. The predicted octanol–water partition coefficient (Wildman–Crippen LogP) is 10.0. The number of fused-ring (bicyclic) bond motifs is 6. The number of para-hydroxylation sites is 4. The van der Waals surface area contributed by atoms with Gasteiger partial charge in [-0.15, -0.1) is 0 Å². The van der Waals surface area contributed by atoms with E-state index in [1.807, 2.05) is 24.8 Å². The van der Waals surface area contributed by atoms with Gasteiger partial charge in [-0.1, -0.05) is 91.0 Å². The van der Waals surface area contributed by atoms with E-state index >= 15 is 0 Å². The van der Waals surface area contributed by atoms with Crippen molar-refractivity contribution in [2.24, 2.45) is 0 Å². The van der Waals surface area contributed by atoms with Crippen LogP contribution in [0.5, 0.6) is 0 Å². The molecule has 5 aromatic carbocycles. The van der Waals surface area contributed by atoms with Crippen LogP contribution in [-0.4, -0.2) is 19.1 Å². The number of pyridine rings is 2. The summed E-state index contributed by atoms with van der Waals surface area (Å²) in [5, 5.41) is 4.97. The molecule has 0 aliphatic rings. The molecule has 0 saturated carbocycles. The van der Waals surface area contributed by atoms with Crippen LogP contribution >= 0.6 is 0 Å². The van der Waals surface area contributed by atoms with Crippen molar-refractivity contribution in [3.05, 3.63) is 158 Å². The molecule has 0 bridgehead atoms. The van der Waals surface area contributed by atoms with Crippen LogP contribution in [0.15, 0.2) is 158 Å². The standard InChI is InChI=1S/C40H26N4/c1-5-16-37-33(12-1)34-13-2-6-17-38(34)43(37)31-21-29(23-41-25-31)27-10-9-11-28(20-27)30-22-32(26-42-24-30)44-39-18-7-3-14-35(39)36-15-4-8-19-40(36)44/h1-26H. The molecule has 9 rings (SSSR count). The Morgan fingerprint density at radius 3 is 1.07 bits per heavy atom. The van der Waals surface area contributed by atoms with Gasteiger partial charge in [0.25, 0.3) is 0 Å². The molecule has 0 saturated heterocycles. The fourth-order valence-corrected chi connectivity index (χ4v) is 6.70. The van der Waals surface area contributed by atoms with Gasteiger partial charge in [-0.25, -0.2) is 0 Å². The number of benzene rings is 5. The molecule has 0 fully saturated rings. The maximum absolute atomic E-state index is 4.70. The fourth-order valence-electron chi connectivity index (χ4n) is 6.70. The Labute approximate surface area is 254 Å². The Bertz CT molecular complexity index is 2240. The minimum atomic E-state index is 1.04. The molecule has 4 aromatic heterocycles. The van der Waals surface area contributed by atoms with Gasteiger partial charge in [0.05, 0.1) is 45.8 Å². The summed E-state index contributed by atoms with van der Waals surface area (Å²) in [6.07, 6.45) is 7.79. The average molecular weight is 563 g/mol. The third-order valence-electron chi connectivity index (χ3n) is 8.65. The third-order valence-corrected chi connectivity index (χ3v) is 8.65. The van der Waals surface area contributed by atoms with Crippen molar-refractivity contribution < 1.29 is 0 Å². The van der Waals surface area contributed by atoms with Crippen LogP contribution in [0, 0.1) is 0 Å². The van der Waals surface area contributed by atoms with E-state index in [9.17, 15) is 0 Å². The van der Waals surface area contributed by atoms with Gasteiger partial charge in [-0.2, -0.15) is 0 Å². The first-order valence-electron chi connectivity index (χ1n) is 14.8. The highest BCUT2D eigenvalue weighted by atomic mass is 15.0. The molecule has 0 radical (unpaired) electrons. The number of hydrogen-bond donors (Lipinski definition) is 0. The fraction of sp³-hybridized carbons (Fsp3) is 0. The topological polar surface area (TPSA) is 35.6 Å². The zero-order chi connectivity index (χ0) is 29.0. The summed E-state index contributed by atoms with van der Waals surface area (Å²) >= 11 is 0. The molecule has 0 spiro atoms. The molecular weight excluding hydrogens is 536 g/mol. The lowest BCUT2D eigenvalue weighted by Gasteiger charge is -2.12. The zero-order valence-electron chi connectivity index (χ0n) is 23.8. The van der Waals surface area contributed by atoms with Crippen LogP contribution in [0.4, 0.5) is 0 Å². The zero-order valence-corrected chi connectivity index (χ0v) is 23.8. The molecule has 0 aliphatic carbocycles. The second kappa shape index (κ2) is 9.79. The monoisotopic (exact) mass is 562 g/mol. The maximum atomic E-state index is 4.70. The van der Waals surface area contributed by atoms with E-state index in [0.29, 0.717) is 0 Å². The molecule has 44 heavy (non-hydrogen) atoms. The Hall–Kier alpha value is -6.00. The predicted molar refractivity (Wildman–Crippen MR) is 182 cm³/mol. The van der Waals surface area contributed by atoms with Crippen LogP contribution in [0.25, 0.3) is 77.2 Å². The summed E-state index contributed by atoms with van der Waals surface area (Å²) in [5.41, 5.74) is 11.1. The first-order valence-corrected chi connectivity index (χ1v) is 14.8. The lowest BCUT2D eigenvalue weighted by atomic mass is 10.0. The van der Waals surface area contributed by atoms with E-state index in [4.69, 9.17) is 9.97 Å². The largest absolute Gasteiger partial charge is 0.308 e. The maximum Gasteiger partial charge on any atom is 0.0651 e. The van der Waals surface area contributed by atoms with Crippen molar-refractivity contribution in [1.29, 1.82) is 0 Å². The van der Waals surface area contributed by atoms with Gasteiger partial charge < -0.3 is 9.13 Å². The van der Waals surface area contributed by atoms with Gasteiger partial charge in [-0.3, -0.25) is 9.97 Å². The van der Waals surface area contributed by atoms with Crippen molar-refractivity contribution in [3.63, 3.8) is 0 Å². The molecule has 206 valence electrons. The highest BCUT2D eigenvalue weighted by Crippen LogP contribution is 2.35. The summed E-state index contributed by atoms with van der Waals surface area (Å²) in [6, 6.07) is 47.4. The Balaban J connectivity index is 1.15. The molecule has 4 nitrogen and oxygen atoms in total. The summed E-state index contributed by atoms with van der Waals surface area (Å²) in [6.45, 7) is 0. The Morgan fingerprint density at radius 2 is 0.682 bits per heavy atom. The van der Waals surface area contributed by atoms with Crippen LogP contribution in [0.2, 0.25) is 0 Å². The van der Waals surface area contributed by atoms with Crippen LogP contribution in [0.1, 0.15) is 0 Å². The van der Waals surface area contributed by atoms with Crippen LogP contribution in [-0.2, 0) is 0 Å². The van der Waals surface area contributed by atoms with Gasteiger partial charge in [0, 0.05) is 45.1 Å². The molecule has 0 atom stereocenters. The smallest absolute Gasteiger partial charge is 0.0651 e. The molecule has 0 N–H and O–H groups in total. The molecular formula is C40H26N4. The Kier molecular flexibility index (Phi) is 5.47. The number of nitrogens with zero attached hydrogens (tertiary/aromatic N) is 4. The average Bonchev–Trinajstić information content (AvgIpc) is 3.62. The van der Waals surface area contributed by atoms with Gasteiger partial charge in [0.2, 0.25) is 0 Å². The van der Waals surface area contributed by atoms with Crippen LogP contribution in [0.3, 0.4) is 0 Å². The molecule has 4 heterocycles. The highest BCUT2D eigenvalue weighted by Gasteiger charge is 2.14. The molecule has 0 amide bonds. The van der Waals surface area contributed by atoms with E-state index in [-0.39, 0.29) is 0 Å². The summed E-state index contributed by atoms with van der Waals surface area (Å²) in [4.78, 5) is 9.40. The van der Waals surface area contributed by atoms with Crippen molar-refractivity contribution in [3.8, 4) is 33.6 Å². The third kappa shape index (κ3) is 3.78. The molecule has 0 aliphatic heterocycles. The number of rotatable bonds is 4. The van der Waals surface area contributed by atoms with Crippen molar-refractivity contribution in [2.75, 3.05) is 0 Å². The van der Waals surface area contributed by atoms with Crippen molar-refractivity contribution in [1.82, 2.24) is 19.1 Å². The highest BCUT2D eigenvalue weighted by molar-refractivity contribution is 6.10. The quantitative estimate of drug-likeness (QED) is 0.214. The second-order valence-electron chi connectivity index (χ2n) is 11.2. The lowest BCUT2D eigenvalue weighted by Crippen LogP contribution is -1.96. The lowest BCUT2D eigenvalue weighted by molar-refractivity contribution is 1.14. The van der Waals surface area contributed by atoms with E-state index in [1.54, 1.807) is 0 Å². The normalized spacial score (nSPS) is 11.6. The number of hydrogen-bond acceptors (Lipinski definition) is 2. The van der Waals surface area contributed by atoms with Crippen molar-refractivity contribution >= 4 is 43.6 Å². The van der Waals surface area contributed by atoms with E-state index in [0.717, 1.165) is 33.6 Å². The van der Waals surface area contributed by atoms with Gasteiger partial charge in [0.15, 0.2) is 0 Å². The van der Waals surface area contributed by atoms with Crippen molar-refractivity contribution in [2.45, 2.75) is 0 Å². The summed E-state index contributed by atoms with van der Waals surface area (Å²) in [7, 11) is 0. The van der Waals surface area contributed by atoms with E-state index in [1.165, 1.54) is 43.6 Å². The summed E-state index contributed by atoms with van der Waals surface area (Å²) < 4.78 is 4.62. The van der Waals surface area contributed by atoms with Gasteiger partial charge in [0.1, 0.15) is 0 Å². The van der Waals surface area contributed by atoms with Gasteiger partial charge >= 0.3 is 0 Å². The Morgan fingerprint density at radius 1 is 0.318 bits per heavy atom. The first kappa shape index (κ1) is 24.6. The molecule has 4 heteroatoms. The summed E-state index contributed by atoms with van der Waals surface area (Å²) in [5.74, 6) is 0.